The van der Waals surface area contributed by atoms with Gasteiger partial charge < -0.3 is 15.3 Å². The van der Waals surface area contributed by atoms with Crippen LogP contribution in [-0.2, 0) is 0 Å². The van der Waals surface area contributed by atoms with Crippen molar-refractivity contribution in [3.05, 3.63) is 17.7 Å². The fourth-order valence-corrected chi connectivity index (χ4v) is 2.75. The van der Waals surface area contributed by atoms with Crippen LogP contribution >= 0.6 is 0 Å². The maximum atomic E-state index is 14.1. The number of hydrogen-bond donors (Lipinski definition) is 2. The monoisotopic (exact) mass is 299 g/mol. The molecule has 1 aliphatic heterocycles. The van der Waals surface area contributed by atoms with Crippen molar-refractivity contribution in [3.8, 4) is 0 Å². The second-order valence-corrected chi connectivity index (χ2v) is 5.41. The van der Waals surface area contributed by atoms with E-state index in [1.165, 1.54) is 0 Å². The topological polar surface area (TPSA) is 48.4 Å². The molecule has 0 saturated carbocycles. The third-order valence-electron chi connectivity index (χ3n) is 3.81. The smallest absolute Gasteiger partial charge is 0.168 e. The summed E-state index contributed by atoms with van der Waals surface area (Å²) in [5, 5.41) is 12.0. The summed E-state index contributed by atoms with van der Waals surface area (Å²) in [6, 6.07) is 0.959. The number of piperidine rings is 1. The lowest BCUT2D eigenvalue weighted by Gasteiger charge is -2.36. The Bertz CT molecular complexity index is 468. The van der Waals surface area contributed by atoms with Crippen LogP contribution in [0.25, 0.3) is 0 Å². The number of pyridine rings is 1. The second-order valence-electron chi connectivity index (χ2n) is 5.41. The van der Waals surface area contributed by atoms with Crippen molar-refractivity contribution in [1.29, 1.82) is 0 Å². The summed E-state index contributed by atoms with van der Waals surface area (Å²) in [6.07, 6.45) is 4.33. The van der Waals surface area contributed by atoms with Crippen molar-refractivity contribution in [2.45, 2.75) is 45.1 Å². The van der Waals surface area contributed by atoms with Crippen LogP contribution in [0, 0.1) is 11.6 Å². The lowest BCUT2D eigenvalue weighted by atomic mass is 9.99. The summed E-state index contributed by atoms with van der Waals surface area (Å²) in [6.45, 7) is 3.31. The number of aliphatic hydroxyl groups excluding tert-OH is 1. The molecule has 4 nitrogen and oxygen atoms in total. The highest BCUT2D eigenvalue weighted by Crippen LogP contribution is 2.29. The molecule has 0 amide bonds. The van der Waals surface area contributed by atoms with E-state index >= 15 is 0 Å². The maximum absolute atomic E-state index is 14.1. The summed E-state index contributed by atoms with van der Waals surface area (Å²) >= 11 is 0. The first kappa shape index (κ1) is 15.9. The van der Waals surface area contributed by atoms with Crippen molar-refractivity contribution in [2.24, 2.45) is 0 Å². The van der Waals surface area contributed by atoms with E-state index in [0.29, 0.717) is 19.5 Å². The summed E-state index contributed by atoms with van der Waals surface area (Å²) in [7, 11) is 0. The number of hydrogen-bond acceptors (Lipinski definition) is 4. The molecule has 2 rings (SSSR count). The van der Waals surface area contributed by atoms with E-state index < -0.39 is 11.6 Å². The van der Waals surface area contributed by atoms with Gasteiger partial charge in [-0.25, -0.2) is 13.8 Å². The highest BCUT2D eigenvalue weighted by molar-refractivity contribution is 5.50. The quantitative estimate of drug-likeness (QED) is 0.848. The fraction of sp³-hybridized carbons (Fsp3) is 0.667. The Kier molecular flexibility index (Phi) is 5.73. The Hall–Kier alpha value is -1.43. The van der Waals surface area contributed by atoms with Crippen molar-refractivity contribution in [2.75, 3.05) is 29.9 Å². The van der Waals surface area contributed by atoms with E-state index in [9.17, 15) is 8.78 Å². The van der Waals surface area contributed by atoms with Gasteiger partial charge >= 0.3 is 0 Å². The minimum atomic E-state index is -0.666. The Labute approximate surface area is 124 Å². The van der Waals surface area contributed by atoms with Crippen LogP contribution in [0.4, 0.5) is 20.4 Å². The molecule has 1 atom stereocenters. The number of nitrogens with zero attached hydrogens (tertiary/aromatic N) is 2. The molecule has 118 valence electrons. The molecule has 2 heterocycles. The van der Waals surface area contributed by atoms with E-state index in [2.05, 4.69) is 10.3 Å². The zero-order valence-electron chi connectivity index (χ0n) is 12.4. The van der Waals surface area contributed by atoms with Gasteiger partial charge in [-0.05, 0) is 32.1 Å². The normalized spacial score (nSPS) is 18.9. The summed E-state index contributed by atoms with van der Waals surface area (Å²) in [4.78, 5) is 6.02. The molecule has 1 fully saturated rings. The number of aliphatic hydroxyl groups is 1. The van der Waals surface area contributed by atoms with Crippen LogP contribution in [0.2, 0.25) is 0 Å². The van der Waals surface area contributed by atoms with Gasteiger partial charge in [0.05, 0.1) is 0 Å². The molecule has 0 aromatic carbocycles. The van der Waals surface area contributed by atoms with Crippen LogP contribution in [0.15, 0.2) is 6.07 Å². The molecule has 0 spiro atoms. The minimum absolute atomic E-state index is 0.0604. The van der Waals surface area contributed by atoms with E-state index in [1.807, 2.05) is 11.8 Å². The lowest BCUT2D eigenvalue weighted by Crippen LogP contribution is -2.41. The number of aromatic nitrogens is 1. The molecule has 0 aliphatic carbocycles. The molecule has 1 aromatic heterocycles. The standard InChI is InChI=1S/C15H23F2N3O/c1-2-7-18-14-12(16)10-13(17)15(19-14)20-8-4-3-5-11(20)6-9-21/h10-11,21H,2-9H2,1H3,(H,18,19). The maximum Gasteiger partial charge on any atom is 0.168 e. The van der Waals surface area contributed by atoms with Crippen molar-refractivity contribution >= 4 is 11.6 Å². The summed E-state index contributed by atoms with van der Waals surface area (Å²) in [5.74, 6) is -1.02. The van der Waals surface area contributed by atoms with E-state index in [4.69, 9.17) is 5.11 Å². The molecular weight excluding hydrogens is 276 g/mol. The Morgan fingerprint density at radius 1 is 1.38 bits per heavy atom. The molecule has 0 radical (unpaired) electrons. The Morgan fingerprint density at radius 3 is 2.90 bits per heavy atom. The van der Waals surface area contributed by atoms with Crippen LogP contribution in [0.5, 0.6) is 0 Å². The van der Waals surface area contributed by atoms with Gasteiger partial charge in [-0.15, -0.1) is 0 Å². The van der Waals surface area contributed by atoms with Crippen molar-refractivity contribution in [1.82, 2.24) is 4.98 Å². The molecule has 1 saturated heterocycles. The van der Waals surface area contributed by atoms with Gasteiger partial charge in [0, 0.05) is 31.8 Å². The largest absolute Gasteiger partial charge is 0.396 e. The third-order valence-corrected chi connectivity index (χ3v) is 3.81. The first-order valence-corrected chi connectivity index (χ1v) is 7.64. The van der Waals surface area contributed by atoms with E-state index in [0.717, 1.165) is 31.7 Å². The highest BCUT2D eigenvalue weighted by atomic mass is 19.1. The average Bonchev–Trinajstić information content (AvgIpc) is 2.48. The Balaban J connectivity index is 2.27. The second kappa shape index (κ2) is 7.54. The first-order valence-electron chi connectivity index (χ1n) is 7.64. The van der Waals surface area contributed by atoms with Gasteiger partial charge in [-0.3, -0.25) is 0 Å². The highest BCUT2D eigenvalue weighted by Gasteiger charge is 2.26. The predicted molar refractivity (Wildman–Crippen MR) is 79.6 cm³/mol. The molecule has 1 unspecified atom stereocenters. The van der Waals surface area contributed by atoms with Gasteiger partial charge in [-0.2, -0.15) is 0 Å². The Morgan fingerprint density at radius 2 is 2.19 bits per heavy atom. The zero-order chi connectivity index (χ0) is 15.2. The van der Waals surface area contributed by atoms with E-state index in [-0.39, 0.29) is 24.3 Å². The van der Waals surface area contributed by atoms with Crippen molar-refractivity contribution < 1.29 is 13.9 Å². The van der Waals surface area contributed by atoms with Crippen molar-refractivity contribution in [3.63, 3.8) is 0 Å². The molecule has 21 heavy (non-hydrogen) atoms. The zero-order valence-corrected chi connectivity index (χ0v) is 12.4. The summed E-state index contributed by atoms with van der Waals surface area (Å²) in [5.41, 5.74) is 0. The minimum Gasteiger partial charge on any atom is -0.396 e. The molecule has 1 aromatic rings. The van der Waals surface area contributed by atoms with E-state index in [1.54, 1.807) is 0 Å². The van der Waals surface area contributed by atoms with Gasteiger partial charge in [-0.1, -0.05) is 6.92 Å². The first-order chi connectivity index (χ1) is 10.2. The number of rotatable bonds is 6. The van der Waals surface area contributed by atoms with Gasteiger partial charge in [0.1, 0.15) is 0 Å². The summed E-state index contributed by atoms with van der Waals surface area (Å²) < 4.78 is 27.9. The fourth-order valence-electron chi connectivity index (χ4n) is 2.75. The number of halogens is 2. The number of anilines is 2. The average molecular weight is 299 g/mol. The van der Waals surface area contributed by atoms with Gasteiger partial charge in [0.15, 0.2) is 23.3 Å². The lowest BCUT2D eigenvalue weighted by molar-refractivity contribution is 0.261. The molecule has 1 aliphatic rings. The predicted octanol–water partition coefficient (Wildman–Crippen LogP) is 2.92. The molecule has 6 heteroatoms. The van der Waals surface area contributed by atoms with Gasteiger partial charge in [0.2, 0.25) is 0 Å². The van der Waals surface area contributed by atoms with Crippen LogP contribution in [0.3, 0.4) is 0 Å². The number of nitrogens with one attached hydrogen (secondary N) is 1. The molecule has 2 N–H and O–H groups in total. The van der Waals surface area contributed by atoms with Gasteiger partial charge in [0.25, 0.3) is 0 Å². The van der Waals surface area contributed by atoms with Crippen LogP contribution in [0.1, 0.15) is 39.0 Å². The van der Waals surface area contributed by atoms with Crippen LogP contribution in [-0.4, -0.2) is 35.8 Å². The third kappa shape index (κ3) is 3.81. The molecule has 0 bridgehead atoms. The SMILES string of the molecule is CCCNc1nc(N2CCCCC2CCO)c(F)cc1F. The van der Waals surface area contributed by atoms with Crippen LogP contribution < -0.4 is 10.2 Å². The molecular formula is C15H23F2N3O.